The summed E-state index contributed by atoms with van der Waals surface area (Å²) in [6, 6.07) is 3.61. The SMILES string of the molecule is COc1cc(-c2cnc3[nH]cc(C(=O)CC(C)(C)C)c3n2)cc(OC)c1OC. The quantitative estimate of drug-likeness (QED) is 0.640. The van der Waals surface area contributed by atoms with E-state index in [-0.39, 0.29) is 11.2 Å². The molecule has 0 saturated heterocycles. The number of nitrogens with one attached hydrogen (secondary N) is 1. The Hall–Kier alpha value is -3.09. The molecule has 0 unspecified atom stereocenters. The van der Waals surface area contributed by atoms with Crippen molar-refractivity contribution in [2.24, 2.45) is 5.41 Å². The normalized spacial score (nSPS) is 11.5. The number of nitrogens with zero attached hydrogens (tertiary/aromatic N) is 2. The number of hydrogen-bond donors (Lipinski definition) is 1. The molecule has 7 heteroatoms. The Morgan fingerprint density at radius 3 is 2.25 bits per heavy atom. The van der Waals surface area contributed by atoms with E-state index in [1.807, 2.05) is 20.8 Å². The van der Waals surface area contributed by atoms with Gasteiger partial charge in [0.1, 0.15) is 5.52 Å². The van der Waals surface area contributed by atoms with Crippen LogP contribution >= 0.6 is 0 Å². The van der Waals surface area contributed by atoms with Crippen LogP contribution < -0.4 is 14.2 Å². The molecule has 28 heavy (non-hydrogen) atoms. The summed E-state index contributed by atoms with van der Waals surface area (Å²) in [4.78, 5) is 24.9. The summed E-state index contributed by atoms with van der Waals surface area (Å²) in [6.07, 6.45) is 3.76. The molecule has 7 nitrogen and oxygen atoms in total. The van der Waals surface area contributed by atoms with Crippen molar-refractivity contribution in [3.05, 3.63) is 30.1 Å². The van der Waals surface area contributed by atoms with Crippen molar-refractivity contribution < 1.29 is 19.0 Å². The molecule has 148 valence electrons. The number of benzene rings is 1. The Morgan fingerprint density at radius 1 is 1.07 bits per heavy atom. The zero-order valence-corrected chi connectivity index (χ0v) is 17.0. The van der Waals surface area contributed by atoms with E-state index in [0.717, 1.165) is 5.56 Å². The smallest absolute Gasteiger partial charge is 0.203 e. The van der Waals surface area contributed by atoms with E-state index < -0.39 is 0 Å². The molecular formula is C21H25N3O4. The van der Waals surface area contributed by atoms with Gasteiger partial charge < -0.3 is 19.2 Å². The van der Waals surface area contributed by atoms with Crippen LogP contribution in [0.2, 0.25) is 0 Å². The lowest BCUT2D eigenvalue weighted by atomic mass is 9.88. The molecule has 0 saturated carbocycles. The topological polar surface area (TPSA) is 86.3 Å². The summed E-state index contributed by atoms with van der Waals surface area (Å²) in [5, 5.41) is 0. The van der Waals surface area contributed by atoms with Gasteiger partial charge in [0.25, 0.3) is 0 Å². The van der Waals surface area contributed by atoms with Crippen molar-refractivity contribution in [3.63, 3.8) is 0 Å². The van der Waals surface area contributed by atoms with Crippen LogP contribution in [0.5, 0.6) is 17.2 Å². The molecule has 2 heterocycles. The van der Waals surface area contributed by atoms with Gasteiger partial charge in [-0.1, -0.05) is 20.8 Å². The minimum Gasteiger partial charge on any atom is -0.493 e. The van der Waals surface area contributed by atoms with Gasteiger partial charge in [-0.05, 0) is 17.5 Å². The third-order valence-electron chi connectivity index (χ3n) is 4.33. The van der Waals surface area contributed by atoms with Crippen molar-refractivity contribution in [2.75, 3.05) is 21.3 Å². The first-order valence-electron chi connectivity index (χ1n) is 8.95. The van der Waals surface area contributed by atoms with Gasteiger partial charge in [-0.3, -0.25) is 4.79 Å². The highest BCUT2D eigenvalue weighted by molar-refractivity contribution is 6.06. The number of Topliss-reactive ketones (excluding diaryl/α,β-unsaturated/α-hetero) is 1. The highest BCUT2D eigenvalue weighted by Gasteiger charge is 2.22. The first-order valence-corrected chi connectivity index (χ1v) is 8.95. The van der Waals surface area contributed by atoms with E-state index >= 15 is 0 Å². The van der Waals surface area contributed by atoms with Crippen molar-refractivity contribution in [1.82, 2.24) is 15.0 Å². The van der Waals surface area contributed by atoms with E-state index in [9.17, 15) is 4.79 Å². The Morgan fingerprint density at radius 2 is 1.71 bits per heavy atom. The summed E-state index contributed by atoms with van der Waals surface area (Å²) in [7, 11) is 4.68. The lowest BCUT2D eigenvalue weighted by molar-refractivity contribution is 0.0941. The largest absolute Gasteiger partial charge is 0.493 e. The minimum atomic E-state index is -0.109. The van der Waals surface area contributed by atoms with Crippen LogP contribution in [0, 0.1) is 5.41 Å². The second kappa shape index (κ2) is 7.50. The molecule has 0 atom stereocenters. The molecule has 0 bridgehead atoms. The molecule has 0 radical (unpaired) electrons. The number of fused-ring (bicyclic) bond motifs is 1. The number of ether oxygens (including phenoxy) is 3. The summed E-state index contributed by atoms with van der Waals surface area (Å²) in [6.45, 7) is 6.10. The number of H-pyrrole nitrogens is 1. The molecule has 0 aliphatic heterocycles. The van der Waals surface area contributed by atoms with E-state index in [4.69, 9.17) is 19.2 Å². The number of carbonyl (C=O) groups excluding carboxylic acids is 1. The molecule has 3 aromatic rings. The minimum absolute atomic E-state index is 0.0371. The number of aromatic amines is 1. The molecule has 0 amide bonds. The van der Waals surface area contributed by atoms with Crippen LogP contribution in [0.1, 0.15) is 37.6 Å². The number of ketones is 1. The fraction of sp³-hybridized carbons (Fsp3) is 0.381. The third kappa shape index (κ3) is 3.78. The highest BCUT2D eigenvalue weighted by Crippen LogP contribution is 2.41. The van der Waals surface area contributed by atoms with Gasteiger partial charge in [0.15, 0.2) is 22.9 Å². The van der Waals surface area contributed by atoms with Gasteiger partial charge >= 0.3 is 0 Å². The van der Waals surface area contributed by atoms with Crippen molar-refractivity contribution in [1.29, 1.82) is 0 Å². The van der Waals surface area contributed by atoms with Crippen LogP contribution in [-0.4, -0.2) is 42.1 Å². The summed E-state index contributed by atoms with van der Waals surface area (Å²) in [5.74, 6) is 1.59. The van der Waals surface area contributed by atoms with Crippen molar-refractivity contribution in [2.45, 2.75) is 27.2 Å². The Bertz CT molecular complexity index is 993. The lowest BCUT2D eigenvalue weighted by Crippen LogP contribution is -2.13. The van der Waals surface area contributed by atoms with E-state index in [1.54, 1.807) is 45.9 Å². The zero-order chi connectivity index (χ0) is 20.5. The first-order chi connectivity index (χ1) is 13.3. The maximum atomic E-state index is 12.7. The molecule has 0 spiro atoms. The van der Waals surface area contributed by atoms with E-state index in [0.29, 0.717) is 46.1 Å². The second-order valence-electron chi connectivity index (χ2n) is 7.73. The Kier molecular flexibility index (Phi) is 5.27. The molecule has 0 fully saturated rings. The molecular weight excluding hydrogens is 358 g/mol. The van der Waals surface area contributed by atoms with E-state index in [1.165, 1.54) is 0 Å². The number of aromatic nitrogens is 3. The molecule has 1 N–H and O–H groups in total. The maximum absolute atomic E-state index is 12.7. The Balaban J connectivity index is 2.10. The number of hydrogen-bond acceptors (Lipinski definition) is 6. The average molecular weight is 383 g/mol. The van der Waals surface area contributed by atoms with Gasteiger partial charge in [0, 0.05) is 18.2 Å². The van der Waals surface area contributed by atoms with Crippen LogP contribution in [0.25, 0.3) is 22.4 Å². The standard InChI is InChI=1S/C21H25N3O4/c1-21(2,3)9-15(25)13-10-22-20-18(13)24-14(11-23-20)12-7-16(26-4)19(28-6)17(8-12)27-5/h7-8,10-11H,9H2,1-6H3,(H,22,23). The molecule has 2 aromatic heterocycles. The van der Waals surface area contributed by atoms with Crippen LogP contribution in [0.15, 0.2) is 24.5 Å². The monoisotopic (exact) mass is 383 g/mol. The third-order valence-corrected chi connectivity index (χ3v) is 4.33. The van der Waals surface area contributed by atoms with Gasteiger partial charge in [-0.25, -0.2) is 9.97 Å². The van der Waals surface area contributed by atoms with Crippen LogP contribution in [0.4, 0.5) is 0 Å². The van der Waals surface area contributed by atoms with Gasteiger partial charge in [0.2, 0.25) is 5.75 Å². The van der Waals surface area contributed by atoms with Crippen molar-refractivity contribution in [3.8, 4) is 28.5 Å². The van der Waals surface area contributed by atoms with Gasteiger partial charge in [-0.2, -0.15) is 0 Å². The highest BCUT2D eigenvalue weighted by atomic mass is 16.5. The summed E-state index contributed by atoms with van der Waals surface area (Å²) < 4.78 is 16.2. The predicted octanol–water partition coefficient (Wildman–Crippen LogP) is 4.27. The van der Waals surface area contributed by atoms with Crippen molar-refractivity contribution >= 4 is 16.9 Å². The number of carbonyl (C=O) groups is 1. The predicted molar refractivity (Wildman–Crippen MR) is 107 cm³/mol. The fourth-order valence-electron chi connectivity index (χ4n) is 3.05. The van der Waals surface area contributed by atoms with Gasteiger partial charge in [-0.15, -0.1) is 0 Å². The number of methoxy groups -OCH3 is 3. The fourth-order valence-corrected chi connectivity index (χ4v) is 3.05. The van der Waals surface area contributed by atoms with Crippen LogP contribution in [0.3, 0.4) is 0 Å². The van der Waals surface area contributed by atoms with E-state index in [2.05, 4.69) is 9.97 Å². The summed E-state index contributed by atoms with van der Waals surface area (Å²) in [5.41, 5.74) is 2.93. The second-order valence-corrected chi connectivity index (χ2v) is 7.73. The Labute approximate surface area is 164 Å². The molecule has 3 rings (SSSR count). The van der Waals surface area contributed by atoms with Crippen LogP contribution in [-0.2, 0) is 0 Å². The average Bonchev–Trinajstić information content (AvgIpc) is 3.08. The number of rotatable bonds is 6. The molecule has 0 aliphatic rings. The zero-order valence-electron chi connectivity index (χ0n) is 17.0. The summed E-state index contributed by atoms with van der Waals surface area (Å²) >= 11 is 0. The maximum Gasteiger partial charge on any atom is 0.203 e. The lowest BCUT2D eigenvalue weighted by Gasteiger charge is -2.16. The first kappa shape index (κ1) is 19.7. The molecule has 1 aromatic carbocycles. The van der Waals surface area contributed by atoms with Gasteiger partial charge in [0.05, 0.1) is 38.8 Å². The molecule has 0 aliphatic carbocycles.